The standard InChI is InChI=1S/C12H15N3O3/c13-7-3-10(12(16)17)11(14-4-7)15-5-8-1-2-9(6-15)18-8/h3-4,8-9H,1-2,5-6,13H2,(H,16,17). The van der Waals surface area contributed by atoms with E-state index in [4.69, 9.17) is 10.5 Å². The van der Waals surface area contributed by atoms with E-state index in [1.54, 1.807) is 0 Å². The Hall–Kier alpha value is -1.82. The van der Waals surface area contributed by atoms with Gasteiger partial charge in [0.05, 0.1) is 24.1 Å². The summed E-state index contributed by atoms with van der Waals surface area (Å²) < 4.78 is 5.73. The van der Waals surface area contributed by atoms with Gasteiger partial charge in [-0.3, -0.25) is 0 Å². The molecule has 0 spiro atoms. The van der Waals surface area contributed by atoms with Gasteiger partial charge in [0, 0.05) is 13.1 Å². The van der Waals surface area contributed by atoms with Gasteiger partial charge in [-0.25, -0.2) is 9.78 Å². The molecular formula is C12H15N3O3. The molecule has 2 saturated heterocycles. The number of carbonyl (C=O) groups is 1. The van der Waals surface area contributed by atoms with E-state index in [1.807, 2.05) is 4.90 Å². The molecule has 0 amide bonds. The lowest BCUT2D eigenvalue weighted by molar-refractivity contribution is 0.0300. The molecule has 18 heavy (non-hydrogen) atoms. The van der Waals surface area contributed by atoms with E-state index in [9.17, 15) is 9.90 Å². The van der Waals surface area contributed by atoms with Crippen LogP contribution >= 0.6 is 0 Å². The van der Waals surface area contributed by atoms with Crippen molar-refractivity contribution in [2.75, 3.05) is 23.7 Å². The van der Waals surface area contributed by atoms with Crippen LogP contribution in [0.4, 0.5) is 11.5 Å². The van der Waals surface area contributed by atoms with E-state index in [2.05, 4.69) is 4.98 Å². The Balaban J connectivity index is 1.94. The topological polar surface area (TPSA) is 88.7 Å². The number of rotatable bonds is 2. The molecule has 2 unspecified atom stereocenters. The lowest BCUT2D eigenvalue weighted by Crippen LogP contribution is -2.43. The minimum absolute atomic E-state index is 0.163. The third-order valence-corrected chi connectivity index (χ3v) is 3.46. The van der Waals surface area contributed by atoms with Gasteiger partial charge in [-0.2, -0.15) is 0 Å². The molecule has 2 atom stereocenters. The van der Waals surface area contributed by atoms with Crippen LogP contribution in [-0.4, -0.2) is 41.4 Å². The number of carboxylic acids is 1. The Morgan fingerprint density at radius 2 is 2.11 bits per heavy atom. The number of nitrogens with zero attached hydrogens (tertiary/aromatic N) is 2. The highest BCUT2D eigenvalue weighted by Gasteiger charge is 2.35. The maximum absolute atomic E-state index is 11.2. The predicted octanol–water partition coefficient (Wildman–Crippen LogP) is 0.730. The average Bonchev–Trinajstić information content (AvgIpc) is 2.68. The number of hydrogen-bond acceptors (Lipinski definition) is 5. The second-order valence-corrected chi connectivity index (χ2v) is 4.81. The average molecular weight is 249 g/mol. The van der Waals surface area contributed by atoms with E-state index in [0.717, 1.165) is 12.8 Å². The SMILES string of the molecule is Nc1cnc(N2CC3CCC(C2)O3)c(C(=O)O)c1. The molecule has 2 aliphatic rings. The van der Waals surface area contributed by atoms with E-state index in [0.29, 0.717) is 24.6 Å². The van der Waals surface area contributed by atoms with Crippen LogP contribution in [0.1, 0.15) is 23.2 Å². The second-order valence-electron chi connectivity index (χ2n) is 4.81. The van der Waals surface area contributed by atoms with Crippen molar-refractivity contribution >= 4 is 17.5 Å². The third kappa shape index (κ3) is 1.88. The maximum Gasteiger partial charge on any atom is 0.339 e. The molecule has 3 heterocycles. The summed E-state index contributed by atoms with van der Waals surface area (Å²) in [4.78, 5) is 17.4. The van der Waals surface area contributed by atoms with Gasteiger partial charge in [-0.05, 0) is 18.9 Å². The molecule has 96 valence electrons. The summed E-state index contributed by atoms with van der Waals surface area (Å²) in [5.74, 6) is -0.500. The third-order valence-electron chi connectivity index (χ3n) is 3.46. The van der Waals surface area contributed by atoms with E-state index in [1.165, 1.54) is 12.3 Å². The van der Waals surface area contributed by atoms with Crippen LogP contribution in [0.5, 0.6) is 0 Å². The largest absolute Gasteiger partial charge is 0.478 e. The molecule has 1 aromatic rings. The van der Waals surface area contributed by atoms with Crippen LogP contribution in [-0.2, 0) is 4.74 Å². The van der Waals surface area contributed by atoms with Crippen molar-refractivity contribution in [3.05, 3.63) is 17.8 Å². The van der Waals surface area contributed by atoms with Gasteiger partial charge in [0.2, 0.25) is 0 Å². The smallest absolute Gasteiger partial charge is 0.339 e. The fraction of sp³-hybridized carbons (Fsp3) is 0.500. The zero-order valence-corrected chi connectivity index (χ0v) is 9.87. The van der Waals surface area contributed by atoms with Crippen LogP contribution in [0, 0.1) is 0 Å². The van der Waals surface area contributed by atoms with Crippen LogP contribution in [0.25, 0.3) is 0 Å². The first-order chi connectivity index (χ1) is 8.63. The zero-order chi connectivity index (χ0) is 12.7. The first-order valence-corrected chi connectivity index (χ1v) is 6.02. The fourth-order valence-electron chi connectivity index (χ4n) is 2.67. The molecule has 0 aliphatic carbocycles. The van der Waals surface area contributed by atoms with Gasteiger partial charge >= 0.3 is 5.97 Å². The Kier molecular flexibility index (Phi) is 2.59. The van der Waals surface area contributed by atoms with Gasteiger partial charge in [0.1, 0.15) is 11.4 Å². The molecule has 2 bridgehead atoms. The molecule has 2 fully saturated rings. The number of aromatic carboxylic acids is 1. The Bertz CT molecular complexity index is 479. The molecule has 6 heteroatoms. The highest BCUT2D eigenvalue weighted by molar-refractivity contribution is 5.94. The number of pyridine rings is 1. The van der Waals surface area contributed by atoms with Crippen LogP contribution in [0.3, 0.4) is 0 Å². The summed E-state index contributed by atoms with van der Waals surface area (Å²) in [5.41, 5.74) is 6.12. The molecular weight excluding hydrogens is 234 g/mol. The lowest BCUT2D eigenvalue weighted by Gasteiger charge is -2.33. The Labute approximate surface area is 104 Å². The van der Waals surface area contributed by atoms with Crippen molar-refractivity contribution in [1.82, 2.24) is 4.98 Å². The zero-order valence-electron chi connectivity index (χ0n) is 9.87. The van der Waals surface area contributed by atoms with Crippen molar-refractivity contribution in [3.8, 4) is 0 Å². The Morgan fingerprint density at radius 1 is 1.44 bits per heavy atom. The monoisotopic (exact) mass is 249 g/mol. The summed E-state index contributed by atoms with van der Waals surface area (Å²) in [7, 11) is 0. The normalized spacial score (nSPS) is 26.3. The summed E-state index contributed by atoms with van der Waals surface area (Å²) >= 11 is 0. The van der Waals surface area contributed by atoms with Gasteiger partial charge in [-0.15, -0.1) is 0 Å². The van der Waals surface area contributed by atoms with Crippen molar-refractivity contribution in [2.45, 2.75) is 25.0 Å². The van der Waals surface area contributed by atoms with Gasteiger partial charge in [0.25, 0.3) is 0 Å². The second kappa shape index (κ2) is 4.13. The molecule has 6 nitrogen and oxygen atoms in total. The highest BCUT2D eigenvalue weighted by Crippen LogP contribution is 2.30. The summed E-state index contributed by atoms with van der Waals surface area (Å²) in [5, 5.41) is 9.21. The molecule has 3 rings (SSSR count). The van der Waals surface area contributed by atoms with E-state index < -0.39 is 5.97 Å². The van der Waals surface area contributed by atoms with Crippen LogP contribution < -0.4 is 10.6 Å². The minimum Gasteiger partial charge on any atom is -0.478 e. The first kappa shape index (κ1) is 11.3. The van der Waals surface area contributed by atoms with E-state index in [-0.39, 0.29) is 17.8 Å². The van der Waals surface area contributed by atoms with Crippen molar-refractivity contribution in [3.63, 3.8) is 0 Å². The van der Waals surface area contributed by atoms with Gasteiger partial charge < -0.3 is 20.5 Å². The molecule has 1 aromatic heterocycles. The maximum atomic E-state index is 11.2. The fourth-order valence-corrected chi connectivity index (χ4v) is 2.67. The number of carboxylic acid groups (broad SMARTS) is 1. The Morgan fingerprint density at radius 3 is 2.72 bits per heavy atom. The highest BCUT2D eigenvalue weighted by atomic mass is 16.5. The van der Waals surface area contributed by atoms with Crippen LogP contribution in [0.2, 0.25) is 0 Å². The molecule has 0 radical (unpaired) electrons. The number of nitrogen functional groups attached to an aromatic ring is 1. The van der Waals surface area contributed by atoms with Crippen LogP contribution in [0.15, 0.2) is 12.3 Å². The van der Waals surface area contributed by atoms with Crippen molar-refractivity contribution < 1.29 is 14.6 Å². The number of nitrogens with two attached hydrogens (primary N) is 1. The molecule has 0 saturated carbocycles. The number of aromatic nitrogens is 1. The molecule has 2 aliphatic heterocycles. The molecule has 0 aromatic carbocycles. The summed E-state index contributed by atoms with van der Waals surface area (Å²) in [6, 6.07) is 1.46. The quantitative estimate of drug-likeness (QED) is 0.803. The van der Waals surface area contributed by atoms with Gasteiger partial charge in [-0.1, -0.05) is 0 Å². The summed E-state index contributed by atoms with van der Waals surface area (Å²) in [6.07, 6.45) is 3.98. The number of anilines is 2. The summed E-state index contributed by atoms with van der Waals surface area (Å²) in [6.45, 7) is 1.40. The van der Waals surface area contributed by atoms with Crippen molar-refractivity contribution in [1.29, 1.82) is 0 Å². The number of fused-ring (bicyclic) bond motifs is 2. The number of morpholine rings is 1. The lowest BCUT2D eigenvalue weighted by atomic mass is 10.2. The minimum atomic E-state index is -0.997. The van der Waals surface area contributed by atoms with Crippen molar-refractivity contribution in [2.24, 2.45) is 0 Å². The van der Waals surface area contributed by atoms with E-state index >= 15 is 0 Å². The molecule has 3 N–H and O–H groups in total. The first-order valence-electron chi connectivity index (χ1n) is 6.02. The number of ether oxygens (including phenoxy) is 1. The number of hydrogen-bond donors (Lipinski definition) is 2. The predicted molar refractivity (Wildman–Crippen MR) is 65.7 cm³/mol. The van der Waals surface area contributed by atoms with Gasteiger partial charge in [0.15, 0.2) is 0 Å².